The third kappa shape index (κ3) is 3.77. The van der Waals surface area contributed by atoms with E-state index in [0.717, 1.165) is 0 Å². The van der Waals surface area contributed by atoms with Crippen molar-refractivity contribution in [2.24, 2.45) is 0 Å². The normalized spacial score (nSPS) is 11.2. The fourth-order valence-electron chi connectivity index (χ4n) is 1.21. The number of thiol groups is 1. The molecule has 0 fully saturated rings. The van der Waals surface area contributed by atoms with Gasteiger partial charge in [0.1, 0.15) is 7.14 Å². The SMILES string of the molecule is CP(C)(=O)c1ccc(N)c(C(=O)OCOS)c1. The van der Waals surface area contributed by atoms with E-state index in [0.29, 0.717) is 5.30 Å². The molecule has 0 unspecified atom stereocenters. The van der Waals surface area contributed by atoms with Crippen molar-refractivity contribution in [2.75, 3.05) is 25.9 Å². The molecule has 94 valence electrons. The van der Waals surface area contributed by atoms with Gasteiger partial charge in [0.25, 0.3) is 0 Å². The Hall–Kier alpha value is -0.970. The Labute approximate surface area is 105 Å². The van der Waals surface area contributed by atoms with Crippen molar-refractivity contribution in [3.8, 4) is 0 Å². The van der Waals surface area contributed by atoms with Gasteiger partial charge >= 0.3 is 5.97 Å². The molecule has 0 aliphatic carbocycles. The molecule has 0 spiro atoms. The first-order chi connectivity index (χ1) is 7.86. The highest BCUT2D eigenvalue weighted by Gasteiger charge is 2.17. The third-order valence-corrected chi connectivity index (χ3v) is 3.75. The molecule has 7 heteroatoms. The number of esters is 1. The van der Waals surface area contributed by atoms with Crippen molar-refractivity contribution in [1.29, 1.82) is 0 Å². The van der Waals surface area contributed by atoms with Crippen LogP contribution in [0.5, 0.6) is 0 Å². The number of nitrogens with two attached hydrogens (primary N) is 1. The smallest absolute Gasteiger partial charge is 0.342 e. The lowest BCUT2D eigenvalue weighted by molar-refractivity contribution is 0.0220. The lowest BCUT2D eigenvalue weighted by Crippen LogP contribution is -2.13. The molecule has 1 aromatic rings. The largest absolute Gasteiger partial charge is 0.434 e. The van der Waals surface area contributed by atoms with Gasteiger partial charge in [-0.05, 0) is 44.4 Å². The highest BCUT2D eigenvalue weighted by Crippen LogP contribution is 2.35. The first kappa shape index (κ1) is 14.1. The van der Waals surface area contributed by atoms with Gasteiger partial charge < -0.3 is 15.0 Å². The quantitative estimate of drug-likeness (QED) is 0.217. The predicted octanol–water partition coefficient (Wildman–Crippen LogP) is 1.49. The number of carbonyl (C=O) groups excluding carboxylic acids is 1. The van der Waals surface area contributed by atoms with Crippen LogP contribution in [0.1, 0.15) is 10.4 Å². The molecule has 5 nitrogen and oxygen atoms in total. The van der Waals surface area contributed by atoms with E-state index in [1.54, 1.807) is 19.4 Å². The van der Waals surface area contributed by atoms with E-state index in [1.807, 2.05) is 0 Å². The number of hydrogen-bond donors (Lipinski definition) is 2. The van der Waals surface area contributed by atoms with Crippen LogP contribution in [-0.2, 0) is 13.5 Å². The van der Waals surface area contributed by atoms with Gasteiger partial charge in [-0.15, -0.1) is 0 Å². The van der Waals surface area contributed by atoms with Crippen LogP contribution in [0, 0.1) is 0 Å². The average Bonchev–Trinajstić information content (AvgIpc) is 2.24. The molecular weight excluding hydrogens is 261 g/mol. The summed E-state index contributed by atoms with van der Waals surface area (Å²) in [4.78, 5) is 11.6. The summed E-state index contributed by atoms with van der Waals surface area (Å²) in [5.41, 5.74) is 6.10. The summed E-state index contributed by atoms with van der Waals surface area (Å²) in [6.45, 7) is 2.95. The molecular formula is C10H14NO4PS. The van der Waals surface area contributed by atoms with Gasteiger partial charge in [0.05, 0.1) is 5.56 Å². The van der Waals surface area contributed by atoms with Crippen molar-refractivity contribution in [3.63, 3.8) is 0 Å². The van der Waals surface area contributed by atoms with E-state index >= 15 is 0 Å². The maximum Gasteiger partial charge on any atom is 0.342 e. The Bertz CT molecular complexity index is 471. The van der Waals surface area contributed by atoms with Gasteiger partial charge in [-0.1, -0.05) is 0 Å². The summed E-state index contributed by atoms with van der Waals surface area (Å²) in [6, 6.07) is 4.66. The van der Waals surface area contributed by atoms with Crippen LogP contribution in [-0.4, -0.2) is 26.1 Å². The van der Waals surface area contributed by atoms with Crippen LogP contribution >= 0.6 is 20.1 Å². The Kier molecular flexibility index (Phi) is 4.62. The molecule has 0 bridgehead atoms. The molecule has 0 saturated carbocycles. The molecule has 0 heterocycles. The van der Waals surface area contributed by atoms with Gasteiger partial charge in [0.2, 0.25) is 6.79 Å². The van der Waals surface area contributed by atoms with Crippen molar-refractivity contribution in [2.45, 2.75) is 0 Å². The van der Waals surface area contributed by atoms with E-state index in [2.05, 4.69) is 17.1 Å². The van der Waals surface area contributed by atoms with Crippen LogP contribution in [0.4, 0.5) is 5.69 Å². The topological polar surface area (TPSA) is 78.6 Å². The van der Waals surface area contributed by atoms with Crippen molar-refractivity contribution in [3.05, 3.63) is 23.8 Å². The first-order valence-corrected chi connectivity index (χ1v) is 7.71. The number of benzene rings is 1. The monoisotopic (exact) mass is 275 g/mol. The summed E-state index contributed by atoms with van der Waals surface area (Å²) < 4.78 is 20.9. The second kappa shape index (κ2) is 5.58. The molecule has 1 aromatic carbocycles. The molecule has 1 rings (SSSR count). The zero-order valence-electron chi connectivity index (χ0n) is 9.54. The van der Waals surface area contributed by atoms with Crippen molar-refractivity contribution in [1.82, 2.24) is 0 Å². The summed E-state index contributed by atoms with van der Waals surface area (Å²) >= 11 is 3.45. The molecule has 0 radical (unpaired) electrons. The molecule has 0 aliphatic rings. The van der Waals surface area contributed by atoms with Crippen LogP contribution < -0.4 is 11.0 Å². The minimum Gasteiger partial charge on any atom is -0.434 e. The van der Waals surface area contributed by atoms with E-state index in [1.165, 1.54) is 12.1 Å². The lowest BCUT2D eigenvalue weighted by atomic mass is 10.2. The molecule has 2 N–H and O–H groups in total. The van der Waals surface area contributed by atoms with Crippen LogP contribution in [0.3, 0.4) is 0 Å². The number of rotatable bonds is 4. The fraction of sp³-hybridized carbons (Fsp3) is 0.300. The first-order valence-electron chi connectivity index (χ1n) is 4.75. The molecule has 0 amide bonds. The zero-order valence-corrected chi connectivity index (χ0v) is 11.3. The maximum absolute atomic E-state index is 11.9. The van der Waals surface area contributed by atoms with Gasteiger partial charge in [0, 0.05) is 11.0 Å². The average molecular weight is 275 g/mol. The van der Waals surface area contributed by atoms with Crippen LogP contribution in [0.25, 0.3) is 0 Å². The summed E-state index contributed by atoms with van der Waals surface area (Å²) in [5.74, 6) is -0.633. The van der Waals surface area contributed by atoms with Crippen molar-refractivity contribution < 1.29 is 18.3 Å². The van der Waals surface area contributed by atoms with Gasteiger partial charge in [-0.2, -0.15) is 0 Å². The number of anilines is 1. The number of ether oxygens (including phenoxy) is 1. The standard InChI is InChI=1S/C10H14NO4PS/c1-16(2,13)7-3-4-9(11)8(5-7)10(12)14-6-15-17/h3-5,17H,6,11H2,1-2H3. The van der Waals surface area contributed by atoms with Crippen LogP contribution in [0.15, 0.2) is 18.2 Å². The minimum atomic E-state index is -2.44. The Morgan fingerprint density at radius 2 is 2.12 bits per heavy atom. The zero-order chi connectivity index (χ0) is 13.1. The summed E-state index contributed by atoms with van der Waals surface area (Å²) in [6.07, 6.45) is 0. The highest BCUT2D eigenvalue weighted by molar-refractivity contribution is 7.75. The van der Waals surface area contributed by atoms with Gasteiger partial charge in [-0.3, -0.25) is 4.18 Å². The molecule has 17 heavy (non-hydrogen) atoms. The Morgan fingerprint density at radius 1 is 1.47 bits per heavy atom. The molecule has 0 aromatic heterocycles. The Morgan fingerprint density at radius 3 is 2.65 bits per heavy atom. The maximum atomic E-state index is 11.9. The van der Waals surface area contributed by atoms with Gasteiger partial charge in [0.15, 0.2) is 0 Å². The predicted molar refractivity (Wildman–Crippen MR) is 70.3 cm³/mol. The summed E-state index contributed by atoms with van der Waals surface area (Å²) in [5, 5.41) is 0.574. The highest BCUT2D eigenvalue weighted by atomic mass is 32.1. The summed E-state index contributed by atoms with van der Waals surface area (Å²) in [7, 11) is -2.44. The van der Waals surface area contributed by atoms with E-state index in [4.69, 9.17) is 10.5 Å². The minimum absolute atomic E-state index is 0.178. The second-order valence-corrected chi connectivity index (χ2v) is 7.28. The van der Waals surface area contributed by atoms with E-state index < -0.39 is 13.1 Å². The fourth-order valence-corrected chi connectivity index (χ4v) is 2.14. The van der Waals surface area contributed by atoms with Crippen molar-refractivity contribution >= 4 is 37.0 Å². The molecule has 0 saturated heterocycles. The number of hydrogen-bond acceptors (Lipinski definition) is 6. The van der Waals surface area contributed by atoms with Gasteiger partial charge in [-0.25, -0.2) is 4.79 Å². The second-order valence-electron chi connectivity index (χ2n) is 3.80. The van der Waals surface area contributed by atoms with E-state index in [9.17, 15) is 9.36 Å². The van der Waals surface area contributed by atoms with Crippen LogP contribution in [0.2, 0.25) is 0 Å². The third-order valence-electron chi connectivity index (χ3n) is 2.12. The number of carbonyl (C=O) groups is 1. The number of nitrogen functional groups attached to an aromatic ring is 1. The van der Waals surface area contributed by atoms with E-state index in [-0.39, 0.29) is 18.0 Å². The molecule has 0 aliphatic heterocycles. The molecule has 0 atom stereocenters. The lowest BCUT2D eigenvalue weighted by Gasteiger charge is -2.11. The Balaban J connectivity index is 3.07.